The van der Waals surface area contributed by atoms with Crippen molar-refractivity contribution in [3.63, 3.8) is 0 Å². The molecule has 0 bridgehead atoms. The highest BCUT2D eigenvalue weighted by Gasteiger charge is 2.08. The lowest BCUT2D eigenvalue weighted by Crippen LogP contribution is -2.06. The first-order valence-electron chi connectivity index (χ1n) is 8.19. The second kappa shape index (κ2) is 10.0. The maximum atomic E-state index is 6.19. The average Bonchev–Trinajstić information content (AvgIpc) is 2.68. The molecule has 6 heteroatoms. The van der Waals surface area contributed by atoms with Crippen LogP contribution in [0.5, 0.6) is 0 Å². The third kappa shape index (κ3) is 5.91. The number of hydrogen-bond acceptors (Lipinski definition) is 3. The normalized spacial score (nSPS) is 11.4. The summed E-state index contributed by atoms with van der Waals surface area (Å²) in [6.45, 7) is 0.209. The Labute approximate surface area is 178 Å². The van der Waals surface area contributed by atoms with Gasteiger partial charge in [0.1, 0.15) is 6.61 Å². The van der Waals surface area contributed by atoms with E-state index in [0.717, 1.165) is 26.8 Å². The fourth-order valence-electron chi connectivity index (χ4n) is 2.32. The number of nitrogens with zero attached hydrogens (tertiary/aromatic N) is 1. The monoisotopic (exact) mass is 435 g/mol. The number of rotatable bonds is 7. The van der Waals surface area contributed by atoms with Gasteiger partial charge in [0.15, 0.2) is 0 Å². The van der Waals surface area contributed by atoms with Crippen LogP contribution in [-0.4, -0.2) is 11.5 Å². The van der Waals surface area contributed by atoms with E-state index in [4.69, 9.17) is 39.6 Å². The van der Waals surface area contributed by atoms with E-state index in [0.29, 0.717) is 15.8 Å². The van der Waals surface area contributed by atoms with Gasteiger partial charge in [-0.25, -0.2) is 0 Å². The molecule has 3 aromatic carbocycles. The van der Waals surface area contributed by atoms with Crippen LogP contribution in [0.2, 0.25) is 15.1 Å². The minimum Gasteiger partial charge on any atom is -0.391 e. The molecule has 27 heavy (non-hydrogen) atoms. The van der Waals surface area contributed by atoms with Crippen LogP contribution in [-0.2, 0) is 11.4 Å². The van der Waals surface area contributed by atoms with E-state index >= 15 is 0 Å². The van der Waals surface area contributed by atoms with Crippen molar-refractivity contribution >= 4 is 52.3 Å². The summed E-state index contributed by atoms with van der Waals surface area (Å²) in [7, 11) is 0. The summed E-state index contributed by atoms with van der Waals surface area (Å²) in [5.74, 6) is 0.655. The molecular formula is C21H16Cl3NOS. The summed E-state index contributed by atoms with van der Waals surface area (Å²) in [5.41, 5.74) is 2.56. The van der Waals surface area contributed by atoms with Crippen LogP contribution < -0.4 is 0 Å². The molecule has 0 unspecified atom stereocenters. The summed E-state index contributed by atoms with van der Waals surface area (Å²) < 4.78 is 0. The zero-order chi connectivity index (χ0) is 19.1. The second-order valence-electron chi connectivity index (χ2n) is 5.62. The van der Waals surface area contributed by atoms with Crippen molar-refractivity contribution in [1.82, 2.24) is 0 Å². The van der Waals surface area contributed by atoms with Crippen LogP contribution in [0.4, 0.5) is 0 Å². The SMILES string of the molecule is Clc1ccc(SC/C(=N\OCc2c(Cl)cccc2Cl)c2ccccc2)cc1. The molecule has 0 amide bonds. The Bertz CT molecular complexity index is 894. The molecule has 0 N–H and O–H groups in total. The third-order valence-electron chi connectivity index (χ3n) is 3.74. The van der Waals surface area contributed by atoms with Crippen molar-refractivity contribution < 1.29 is 4.84 Å². The van der Waals surface area contributed by atoms with Crippen LogP contribution in [0, 0.1) is 0 Å². The molecule has 0 aromatic heterocycles. The number of halogens is 3. The molecule has 138 valence electrons. The van der Waals surface area contributed by atoms with E-state index in [1.165, 1.54) is 0 Å². The van der Waals surface area contributed by atoms with Crippen molar-refractivity contribution in [1.29, 1.82) is 0 Å². The minimum atomic E-state index is 0.209. The molecule has 0 spiro atoms. The topological polar surface area (TPSA) is 21.6 Å². The van der Waals surface area contributed by atoms with Crippen LogP contribution in [0.15, 0.2) is 82.8 Å². The lowest BCUT2D eigenvalue weighted by molar-refractivity contribution is 0.131. The molecule has 0 radical (unpaired) electrons. The average molecular weight is 437 g/mol. The van der Waals surface area contributed by atoms with Crippen molar-refractivity contribution in [3.05, 3.63) is 99.0 Å². The van der Waals surface area contributed by atoms with E-state index < -0.39 is 0 Å². The van der Waals surface area contributed by atoms with Crippen LogP contribution in [0.1, 0.15) is 11.1 Å². The summed E-state index contributed by atoms with van der Waals surface area (Å²) in [4.78, 5) is 6.70. The van der Waals surface area contributed by atoms with Gasteiger partial charge in [0.2, 0.25) is 0 Å². The molecule has 0 aliphatic heterocycles. The van der Waals surface area contributed by atoms with Gasteiger partial charge in [-0.3, -0.25) is 0 Å². The molecule has 0 saturated heterocycles. The van der Waals surface area contributed by atoms with E-state index in [1.807, 2.05) is 54.6 Å². The maximum absolute atomic E-state index is 6.19. The highest BCUT2D eigenvalue weighted by Crippen LogP contribution is 2.25. The van der Waals surface area contributed by atoms with E-state index in [2.05, 4.69) is 5.16 Å². The quantitative estimate of drug-likeness (QED) is 0.219. The molecule has 0 saturated carbocycles. The Kier molecular flexibility index (Phi) is 7.48. The molecule has 0 fully saturated rings. The second-order valence-corrected chi connectivity index (χ2v) is 7.92. The van der Waals surface area contributed by atoms with E-state index in [9.17, 15) is 0 Å². The standard InChI is InChI=1S/C21H16Cl3NOS/c22-16-9-11-17(12-10-16)27-14-21(15-5-2-1-3-6-15)25-26-13-18-19(23)7-4-8-20(18)24/h1-12H,13-14H2/b25-21+. The molecule has 0 aliphatic carbocycles. The predicted molar refractivity (Wildman–Crippen MR) is 116 cm³/mol. The number of hydrogen-bond donors (Lipinski definition) is 0. The van der Waals surface area contributed by atoms with Gasteiger partial charge in [-0.1, -0.05) is 76.4 Å². The Morgan fingerprint density at radius 2 is 1.48 bits per heavy atom. The van der Waals surface area contributed by atoms with Gasteiger partial charge >= 0.3 is 0 Å². The lowest BCUT2D eigenvalue weighted by atomic mass is 10.1. The predicted octanol–water partition coefficient (Wildman–Crippen LogP) is 7.36. The van der Waals surface area contributed by atoms with Crippen molar-refractivity contribution in [3.8, 4) is 0 Å². The van der Waals surface area contributed by atoms with Crippen molar-refractivity contribution in [2.24, 2.45) is 5.16 Å². The van der Waals surface area contributed by atoms with Crippen molar-refractivity contribution in [2.75, 3.05) is 5.75 Å². The Morgan fingerprint density at radius 3 is 2.15 bits per heavy atom. The molecule has 0 aliphatic rings. The summed E-state index contributed by atoms with van der Waals surface area (Å²) in [5, 5.41) is 6.20. The number of oxime groups is 1. The maximum Gasteiger partial charge on any atom is 0.145 e. The van der Waals surface area contributed by atoms with E-state index in [-0.39, 0.29) is 6.61 Å². The molecule has 0 atom stereocenters. The summed E-state index contributed by atoms with van der Waals surface area (Å²) in [6.07, 6.45) is 0. The number of benzene rings is 3. The van der Waals surface area contributed by atoms with Gasteiger partial charge in [-0.2, -0.15) is 0 Å². The highest BCUT2D eigenvalue weighted by atomic mass is 35.5. The van der Waals surface area contributed by atoms with Crippen LogP contribution in [0.25, 0.3) is 0 Å². The largest absolute Gasteiger partial charge is 0.391 e. The van der Waals surface area contributed by atoms with Gasteiger partial charge in [0, 0.05) is 36.8 Å². The fourth-order valence-corrected chi connectivity index (χ4v) is 3.80. The Balaban J connectivity index is 1.73. The summed E-state index contributed by atoms with van der Waals surface area (Å²) >= 11 is 20.0. The molecule has 3 aromatic rings. The first-order valence-corrected chi connectivity index (χ1v) is 10.3. The van der Waals surface area contributed by atoms with Crippen LogP contribution in [0.3, 0.4) is 0 Å². The lowest BCUT2D eigenvalue weighted by Gasteiger charge is -2.09. The first kappa shape index (κ1) is 20.1. The molecule has 3 rings (SSSR count). The highest BCUT2D eigenvalue weighted by molar-refractivity contribution is 8.00. The zero-order valence-corrected chi connectivity index (χ0v) is 17.3. The Hall–Kier alpha value is -1.65. The number of thioether (sulfide) groups is 1. The Morgan fingerprint density at radius 1 is 0.815 bits per heavy atom. The van der Waals surface area contributed by atoms with Gasteiger partial charge in [-0.05, 0) is 36.4 Å². The molecule has 0 heterocycles. The van der Waals surface area contributed by atoms with Gasteiger partial charge in [-0.15, -0.1) is 11.8 Å². The van der Waals surface area contributed by atoms with Gasteiger partial charge in [0.05, 0.1) is 5.71 Å². The van der Waals surface area contributed by atoms with Gasteiger partial charge < -0.3 is 4.84 Å². The molecule has 2 nitrogen and oxygen atoms in total. The fraction of sp³-hybridized carbons (Fsp3) is 0.0952. The van der Waals surface area contributed by atoms with Crippen LogP contribution >= 0.6 is 46.6 Å². The smallest absolute Gasteiger partial charge is 0.145 e. The summed E-state index contributed by atoms with van der Waals surface area (Å²) in [6, 6.07) is 23.0. The first-order chi connectivity index (χ1) is 13.1. The zero-order valence-electron chi connectivity index (χ0n) is 14.2. The van der Waals surface area contributed by atoms with E-state index in [1.54, 1.807) is 30.0 Å². The van der Waals surface area contributed by atoms with Gasteiger partial charge in [0.25, 0.3) is 0 Å². The molecular weight excluding hydrogens is 421 g/mol. The van der Waals surface area contributed by atoms with Crippen molar-refractivity contribution in [2.45, 2.75) is 11.5 Å². The third-order valence-corrected chi connectivity index (χ3v) is 5.72. The minimum absolute atomic E-state index is 0.209.